The van der Waals surface area contributed by atoms with Crippen molar-refractivity contribution in [3.63, 3.8) is 0 Å². The maximum Gasteiger partial charge on any atom is 0.163 e. The first-order chi connectivity index (χ1) is 6.07. The molecule has 1 aromatic rings. The third-order valence-corrected chi connectivity index (χ3v) is 1.84. The monoisotopic (exact) mass is 223 g/mol. The summed E-state index contributed by atoms with van der Waals surface area (Å²) >= 11 is 10.5. The second kappa shape index (κ2) is 3.79. The van der Waals surface area contributed by atoms with Crippen LogP contribution in [0.3, 0.4) is 0 Å². The number of hydrogen-bond acceptors (Lipinski definition) is 1. The quantitative estimate of drug-likeness (QED) is 0.225. The lowest BCUT2D eigenvalue weighted by Gasteiger charge is -2.01. The van der Waals surface area contributed by atoms with Crippen LogP contribution >= 0.6 is 23.2 Å². The highest BCUT2D eigenvalue weighted by molar-refractivity contribution is 6.35. The van der Waals surface area contributed by atoms with Gasteiger partial charge in [-0.05, 0) is 11.6 Å². The summed E-state index contributed by atoms with van der Waals surface area (Å²) in [4.78, 5) is 2.32. The van der Waals surface area contributed by atoms with Gasteiger partial charge in [0.05, 0.1) is 10.7 Å². The Morgan fingerprint density at radius 1 is 1.31 bits per heavy atom. The fourth-order valence-corrected chi connectivity index (χ4v) is 1.13. The highest BCUT2D eigenvalue weighted by Gasteiger charge is 2.14. The van der Waals surface area contributed by atoms with Crippen LogP contribution in [0.4, 0.5) is 14.5 Å². The average Bonchev–Trinajstić information content (AvgIpc) is 2.11. The maximum absolute atomic E-state index is 12.9. The topological polar surface area (TPSA) is 48.8 Å². The molecule has 7 heteroatoms. The first-order valence-electron chi connectivity index (χ1n) is 2.96. The molecule has 3 nitrogen and oxygen atoms in total. The third kappa shape index (κ3) is 1.83. The lowest BCUT2D eigenvalue weighted by Crippen LogP contribution is -1.85. The summed E-state index contributed by atoms with van der Waals surface area (Å²) in [5, 5.41) is 1.76. The van der Waals surface area contributed by atoms with E-state index in [1.165, 1.54) is 0 Å². The van der Waals surface area contributed by atoms with Crippen LogP contribution in [0.25, 0.3) is 10.4 Å². The summed E-state index contributed by atoms with van der Waals surface area (Å²) < 4.78 is 25.7. The van der Waals surface area contributed by atoms with Gasteiger partial charge >= 0.3 is 0 Å². The molecule has 68 valence electrons. The van der Waals surface area contributed by atoms with Gasteiger partial charge in [-0.1, -0.05) is 28.3 Å². The van der Waals surface area contributed by atoms with Crippen molar-refractivity contribution in [1.82, 2.24) is 0 Å². The van der Waals surface area contributed by atoms with Crippen LogP contribution in [0.15, 0.2) is 11.2 Å². The molecule has 13 heavy (non-hydrogen) atoms. The number of azide groups is 1. The Hall–Kier alpha value is -1.03. The predicted molar refractivity (Wildman–Crippen MR) is 45.2 cm³/mol. The van der Waals surface area contributed by atoms with Crippen molar-refractivity contribution in [2.75, 3.05) is 0 Å². The summed E-state index contributed by atoms with van der Waals surface area (Å²) in [5.41, 5.74) is 7.58. The molecule has 0 aliphatic rings. The lowest BCUT2D eigenvalue weighted by molar-refractivity contribution is 0.585. The highest BCUT2D eigenvalue weighted by atomic mass is 35.5. The van der Waals surface area contributed by atoms with E-state index >= 15 is 0 Å². The molecule has 0 heterocycles. The Bertz CT molecular complexity index is 401. The Morgan fingerprint density at radius 3 is 2.46 bits per heavy atom. The van der Waals surface area contributed by atoms with E-state index in [1.807, 2.05) is 0 Å². The summed E-state index contributed by atoms with van der Waals surface area (Å²) in [7, 11) is 0. The molecule has 0 spiro atoms. The zero-order valence-electron chi connectivity index (χ0n) is 5.93. The van der Waals surface area contributed by atoms with E-state index < -0.39 is 27.4 Å². The highest BCUT2D eigenvalue weighted by Crippen LogP contribution is 2.32. The Labute approximate surface area is 81.5 Å². The molecule has 0 fully saturated rings. The van der Waals surface area contributed by atoms with Gasteiger partial charge in [-0.3, -0.25) is 0 Å². The molecule has 0 bridgehead atoms. The molecule has 0 unspecified atom stereocenters. The summed E-state index contributed by atoms with van der Waals surface area (Å²) in [6.07, 6.45) is 0. The Balaban J connectivity index is 3.49. The molecule has 0 saturated carbocycles. The fraction of sp³-hybridized carbons (Fsp3) is 0. The zero-order valence-corrected chi connectivity index (χ0v) is 7.44. The molecule has 0 aliphatic heterocycles. The molecule has 0 N–H and O–H groups in total. The Kier molecular flexibility index (Phi) is 2.93. The normalized spacial score (nSPS) is 9.54. The largest absolute Gasteiger partial charge is 0.205 e. The van der Waals surface area contributed by atoms with Crippen LogP contribution in [-0.4, -0.2) is 0 Å². The smallest absolute Gasteiger partial charge is 0.163 e. The van der Waals surface area contributed by atoms with Crippen molar-refractivity contribution in [1.29, 1.82) is 0 Å². The zero-order chi connectivity index (χ0) is 10.0. The molecular formula is C6HCl2F2N3. The van der Waals surface area contributed by atoms with Crippen LogP contribution in [0, 0.1) is 11.6 Å². The van der Waals surface area contributed by atoms with Gasteiger partial charge in [-0.25, -0.2) is 8.78 Å². The van der Waals surface area contributed by atoms with Crippen molar-refractivity contribution in [3.05, 3.63) is 38.2 Å². The first kappa shape index (κ1) is 10.1. The van der Waals surface area contributed by atoms with Gasteiger partial charge in [0, 0.05) is 4.91 Å². The summed E-state index contributed by atoms with van der Waals surface area (Å²) in [6.45, 7) is 0. The number of halogens is 4. The summed E-state index contributed by atoms with van der Waals surface area (Å²) in [5.74, 6) is -2.20. The van der Waals surface area contributed by atoms with Gasteiger partial charge in [0.1, 0.15) is 5.02 Å². The van der Waals surface area contributed by atoms with E-state index in [9.17, 15) is 8.78 Å². The fourth-order valence-electron chi connectivity index (χ4n) is 0.681. The van der Waals surface area contributed by atoms with Crippen molar-refractivity contribution >= 4 is 28.9 Å². The van der Waals surface area contributed by atoms with Crippen LogP contribution < -0.4 is 0 Å². The minimum absolute atomic E-state index is 0.395. The number of nitrogens with zero attached hydrogens (tertiary/aromatic N) is 3. The van der Waals surface area contributed by atoms with Crippen molar-refractivity contribution in [2.24, 2.45) is 5.11 Å². The van der Waals surface area contributed by atoms with Gasteiger partial charge in [0.15, 0.2) is 11.6 Å². The third-order valence-electron chi connectivity index (χ3n) is 1.24. The van der Waals surface area contributed by atoms with Crippen LogP contribution in [-0.2, 0) is 0 Å². The van der Waals surface area contributed by atoms with Crippen LogP contribution in [0.5, 0.6) is 0 Å². The number of hydrogen-bond donors (Lipinski definition) is 0. The van der Waals surface area contributed by atoms with E-state index in [0.717, 1.165) is 6.07 Å². The van der Waals surface area contributed by atoms with Crippen LogP contribution in [0.1, 0.15) is 0 Å². The number of benzene rings is 1. The lowest BCUT2D eigenvalue weighted by atomic mass is 10.3. The summed E-state index contributed by atoms with van der Waals surface area (Å²) in [6, 6.07) is 0.859. The minimum atomic E-state index is -1.12. The van der Waals surface area contributed by atoms with E-state index in [-0.39, 0.29) is 0 Å². The molecule has 1 rings (SSSR count). The second-order valence-corrected chi connectivity index (χ2v) is 2.79. The first-order valence-corrected chi connectivity index (χ1v) is 3.71. The Morgan fingerprint density at radius 2 is 1.92 bits per heavy atom. The SMILES string of the molecule is [N-]=[N+]=Nc1cc(Cl)c(F)c(Cl)c1F. The molecule has 0 radical (unpaired) electrons. The van der Waals surface area contributed by atoms with Gasteiger partial charge in [-0.2, -0.15) is 0 Å². The van der Waals surface area contributed by atoms with Crippen molar-refractivity contribution < 1.29 is 8.78 Å². The predicted octanol–water partition coefficient (Wildman–Crippen LogP) is 4.21. The molecule has 0 amide bonds. The minimum Gasteiger partial charge on any atom is -0.205 e. The second-order valence-electron chi connectivity index (χ2n) is 2.01. The van der Waals surface area contributed by atoms with E-state index in [2.05, 4.69) is 10.0 Å². The molecule has 0 aromatic heterocycles. The standard InChI is InChI=1S/C6HCl2F2N3/c7-2-1-3(12-13-11)6(10)4(8)5(2)9/h1H. The van der Waals surface area contributed by atoms with Crippen LogP contribution in [0.2, 0.25) is 10.0 Å². The molecule has 1 aromatic carbocycles. The molecule has 0 atom stereocenters. The van der Waals surface area contributed by atoms with Gasteiger partial charge in [0.2, 0.25) is 0 Å². The molecule has 0 saturated heterocycles. The maximum atomic E-state index is 12.9. The number of rotatable bonds is 1. The van der Waals surface area contributed by atoms with Gasteiger partial charge < -0.3 is 0 Å². The van der Waals surface area contributed by atoms with Gasteiger partial charge in [-0.15, -0.1) is 0 Å². The van der Waals surface area contributed by atoms with Crippen molar-refractivity contribution in [3.8, 4) is 0 Å². The van der Waals surface area contributed by atoms with Crippen molar-refractivity contribution in [2.45, 2.75) is 0 Å². The van der Waals surface area contributed by atoms with E-state index in [4.69, 9.17) is 28.7 Å². The van der Waals surface area contributed by atoms with Gasteiger partial charge in [0.25, 0.3) is 0 Å². The molecular weight excluding hydrogens is 223 g/mol. The molecule has 0 aliphatic carbocycles. The van der Waals surface area contributed by atoms with E-state index in [0.29, 0.717) is 0 Å². The average molecular weight is 224 g/mol. The van der Waals surface area contributed by atoms with E-state index in [1.54, 1.807) is 0 Å².